The topological polar surface area (TPSA) is 148 Å². The van der Waals surface area contributed by atoms with E-state index in [2.05, 4.69) is 19.9 Å². The van der Waals surface area contributed by atoms with E-state index in [1.54, 1.807) is 0 Å². The van der Waals surface area contributed by atoms with Crippen LogP contribution in [0.4, 0.5) is 5.82 Å². The van der Waals surface area contributed by atoms with Gasteiger partial charge < -0.3 is 15.4 Å². The molecule has 0 aromatic carbocycles. The average molecular weight is 333 g/mol. The quantitative estimate of drug-likeness (QED) is 0.385. The van der Waals surface area contributed by atoms with Crippen LogP contribution in [0.5, 0.6) is 0 Å². The molecule has 1 aliphatic rings. The van der Waals surface area contributed by atoms with E-state index in [0.29, 0.717) is 13.1 Å². The smallest absolute Gasteiger partial charge is 0.342 e. The van der Waals surface area contributed by atoms with Gasteiger partial charge >= 0.3 is 5.82 Å². The lowest BCUT2D eigenvalue weighted by atomic mass is 10.3. The summed E-state index contributed by atoms with van der Waals surface area (Å²) in [4.78, 5) is 16.6. The van der Waals surface area contributed by atoms with E-state index in [-0.39, 0.29) is 18.2 Å². The summed E-state index contributed by atoms with van der Waals surface area (Å²) in [5.41, 5.74) is 0. The van der Waals surface area contributed by atoms with Gasteiger partial charge in [0, 0.05) is 32.7 Å². The van der Waals surface area contributed by atoms with Gasteiger partial charge in [-0.15, -0.1) is 0 Å². The molecule has 1 fully saturated rings. The maximum atomic E-state index is 11.0. The number of piperazine rings is 1. The van der Waals surface area contributed by atoms with Crippen LogP contribution < -0.4 is 15.2 Å². The molecule has 4 N–H and O–H groups in total. The highest BCUT2D eigenvalue weighted by Crippen LogP contribution is 2.14. The van der Waals surface area contributed by atoms with Crippen molar-refractivity contribution in [3.8, 4) is 0 Å². The van der Waals surface area contributed by atoms with Gasteiger partial charge in [-0.25, -0.2) is 14.7 Å². The first-order valence-corrected chi connectivity index (χ1v) is 8.31. The first-order chi connectivity index (χ1) is 10.4. The van der Waals surface area contributed by atoms with Gasteiger partial charge in [0.05, 0.1) is 6.54 Å². The number of hydrogen-bond donors (Lipinski definition) is 3. The first-order valence-electron chi connectivity index (χ1n) is 6.76. The van der Waals surface area contributed by atoms with E-state index in [9.17, 15) is 18.5 Å². The van der Waals surface area contributed by atoms with E-state index in [1.807, 2.05) is 0 Å². The summed E-state index contributed by atoms with van der Waals surface area (Å²) in [6, 6.07) is 0. The molecule has 11 nitrogen and oxygen atoms in total. The van der Waals surface area contributed by atoms with Crippen LogP contribution in [-0.4, -0.2) is 60.5 Å². The van der Waals surface area contributed by atoms with Crippen LogP contribution in [0.1, 0.15) is 5.82 Å². The van der Waals surface area contributed by atoms with Crippen molar-refractivity contribution in [1.29, 1.82) is 0 Å². The molecular weight excluding hydrogens is 314 g/mol. The molecule has 0 amide bonds. The zero-order valence-corrected chi connectivity index (χ0v) is 12.8. The minimum Gasteiger partial charge on any atom is -0.358 e. The lowest BCUT2D eigenvalue weighted by molar-refractivity contribution is -0.392. The monoisotopic (exact) mass is 333 g/mol. The normalized spacial score (nSPS) is 16.8. The molecule has 1 aromatic heterocycles. The summed E-state index contributed by atoms with van der Waals surface area (Å²) < 4.78 is 25.4. The second-order valence-electron chi connectivity index (χ2n) is 4.90. The maximum absolute atomic E-state index is 11.0. The number of nitro groups is 1. The Labute approximate surface area is 127 Å². The van der Waals surface area contributed by atoms with Gasteiger partial charge in [0.25, 0.3) is 10.2 Å². The lowest BCUT2D eigenvalue weighted by Gasteiger charge is -2.26. The van der Waals surface area contributed by atoms with Gasteiger partial charge in [0.2, 0.25) is 5.82 Å². The van der Waals surface area contributed by atoms with E-state index < -0.39 is 15.1 Å². The molecule has 124 valence electrons. The Balaban J connectivity index is 2.08. The molecule has 0 bridgehead atoms. The molecule has 0 spiro atoms. The number of nitrogens with one attached hydrogen (secondary N) is 2. The molecule has 22 heavy (non-hydrogen) atoms. The van der Waals surface area contributed by atoms with E-state index in [4.69, 9.17) is 5.14 Å². The zero-order chi connectivity index (χ0) is 16.2. The van der Waals surface area contributed by atoms with Crippen molar-refractivity contribution in [2.45, 2.75) is 13.1 Å². The van der Waals surface area contributed by atoms with Crippen LogP contribution in [0.15, 0.2) is 6.20 Å². The summed E-state index contributed by atoms with van der Waals surface area (Å²) in [5.74, 6) is 0.0946. The molecule has 2 rings (SSSR count). The Bertz CT molecular complexity index is 623. The number of imidazole rings is 1. The Morgan fingerprint density at radius 1 is 1.41 bits per heavy atom. The van der Waals surface area contributed by atoms with Crippen molar-refractivity contribution >= 4 is 16.0 Å². The number of nitrogens with two attached hydrogens (primary N) is 1. The van der Waals surface area contributed by atoms with Crippen LogP contribution in [0.2, 0.25) is 0 Å². The summed E-state index contributed by atoms with van der Waals surface area (Å²) in [5, 5.41) is 19.1. The van der Waals surface area contributed by atoms with Gasteiger partial charge in [-0.1, -0.05) is 0 Å². The predicted molar refractivity (Wildman–Crippen MR) is 78.1 cm³/mol. The lowest BCUT2D eigenvalue weighted by Crippen LogP contribution is -2.44. The zero-order valence-electron chi connectivity index (χ0n) is 11.9. The highest BCUT2D eigenvalue weighted by molar-refractivity contribution is 7.87. The van der Waals surface area contributed by atoms with E-state index >= 15 is 0 Å². The maximum Gasteiger partial charge on any atom is 0.342 e. The van der Waals surface area contributed by atoms with Crippen molar-refractivity contribution < 1.29 is 13.3 Å². The summed E-state index contributed by atoms with van der Waals surface area (Å²) in [7, 11) is -3.88. The summed E-state index contributed by atoms with van der Waals surface area (Å²) >= 11 is 0. The largest absolute Gasteiger partial charge is 0.358 e. The van der Waals surface area contributed by atoms with Crippen molar-refractivity contribution in [2.24, 2.45) is 5.14 Å². The van der Waals surface area contributed by atoms with Crippen molar-refractivity contribution in [3.63, 3.8) is 0 Å². The third-order valence-electron chi connectivity index (χ3n) is 3.39. The minimum atomic E-state index is -3.88. The van der Waals surface area contributed by atoms with Crippen molar-refractivity contribution in [2.75, 3.05) is 32.7 Å². The molecule has 2 heterocycles. The fourth-order valence-electron chi connectivity index (χ4n) is 2.28. The first kappa shape index (κ1) is 16.8. The Morgan fingerprint density at radius 2 is 2.09 bits per heavy atom. The number of nitrogens with zero attached hydrogens (tertiary/aromatic N) is 4. The molecule has 0 saturated carbocycles. The standard InChI is InChI=1S/C10H19N7O4S/c11-22(20,21)14-7-9-13-8-10(17(18)19)16(9)6-5-15-3-1-12-2-4-15/h8,12,14H,1-7H2,(H2,11,20,21). The second kappa shape index (κ2) is 7.11. The van der Waals surface area contributed by atoms with Gasteiger partial charge in [0.1, 0.15) is 12.7 Å². The molecule has 0 aliphatic carbocycles. The van der Waals surface area contributed by atoms with Gasteiger partial charge in [0.15, 0.2) is 0 Å². The molecule has 1 aromatic rings. The third-order valence-corrected chi connectivity index (χ3v) is 3.93. The van der Waals surface area contributed by atoms with Crippen LogP contribution >= 0.6 is 0 Å². The second-order valence-corrected chi connectivity index (χ2v) is 6.28. The molecule has 12 heteroatoms. The molecule has 0 radical (unpaired) electrons. The van der Waals surface area contributed by atoms with Gasteiger partial charge in [-0.05, 0) is 4.92 Å². The average Bonchev–Trinajstić information content (AvgIpc) is 2.86. The predicted octanol–water partition coefficient (Wildman–Crippen LogP) is -2.01. The highest BCUT2D eigenvalue weighted by Gasteiger charge is 2.22. The Morgan fingerprint density at radius 3 is 2.68 bits per heavy atom. The fraction of sp³-hybridized carbons (Fsp3) is 0.700. The SMILES string of the molecule is NS(=O)(=O)NCc1ncc([N+](=O)[O-])n1CCN1CCNCC1. The highest BCUT2D eigenvalue weighted by atomic mass is 32.2. The van der Waals surface area contributed by atoms with E-state index in [1.165, 1.54) is 4.57 Å². The number of hydrogen-bond acceptors (Lipinski definition) is 7. The molecule has 1 saturated heterocycles. The molecule has 0 unspecified atom stereocenters. The fourth-order valence-corrected chi connectivity index (χ4v) is 2.61. The van der Waals surface area contributed by atoms with Crippen LogP contribution in [0, 0.1) is 10.1 Å². The number of rotatable bonds is 7. The third kappa shape index (κ3) is 4.71. The molecular formula is C10H19N7O4S. The van der Waals surface area contributed by atoms with Crippen LogP contribution in [0.3, 0.4) is 0 Å². The Kier molecular flexibility index (Phi) is 5.42. The molecule has 0 atom stereocenters. The van der Waals surface area contributed by atoms with E-state index in [0.717, 1.165) is 32.4 Å². The van der Waals surface area contributed by atoms with Gasteiger partial charge in [-0.2, -0.15) is 13.1 Å². The van der Waals surface area contributed by atoms with Crippen molar-refractivity contribution in [1.82, 2.24) is 24.5 Å². The van der Waals surface area contributed by atoms with Gasteiger partial charge in [-0.3, -0.25) is 4.90 Å². The molecule has 1 aliphatic heterocycles. The summed E-state index contributed by atoms with van der Waals surface area (Å²) in [6.45, 7) is 4.30. The summed E-state index contributed by atoms with van der Waals surface area (Å²) in [6.07, 6.45) is 1.12. The van der Waals surface area contributed by atoms with Crippen LogP contribution in [-0.2, 0) is 23.3 Å². The minimum absolute atomic E-state index is 0.165. The Hall–Kier alpha value is -1.60. The van der Waals surface area contributed by atoms with Crippen molar-refractivity contribution in [3.05, 3.63) is 22.1 Å². The number of aromatic nitrogens is 2. The van der Waals surface area contributed by atoms with Crippen LogP contribution in [0.25, 0.3) is 0 Å².